The second kappa shape index (κ2) is 7.16. The molecule has 5 heteroatoms. The number of aryl methyl sites for hydroxylation is 1. The van der Waals surface area contributed by atoms with E-state index in [4.69, 9.17) is 16.0 Å². The Morgan fingerprint density at radius 3 is 2.46 bits per heavy atom. The lowest BCUT2D eigenvalue weighted by atomic mass is 10.1. The van der Waals surface area contributed by atoms with Gasteiger partial charge < -0.3 is 4.42 Å². The highest BCUT2D eigenvalue weighted by atomic mass is 35.5. The lowest BCUT2D eigenvalue weighted by Crippen LogP contribution is -2.22. The van der Waals surface area contributed by atoms with E-state index >= 15 is 0 Å². The standard InChI is InChI=1S/C19H20ClN3O/c1-12-5-4-6-16(11-12)19-23-22-18(24-19)14(3)21-13(2)15-7-9-17(20)10-8-15/h4-11,13-14,21H,1-3H3/t13-,14+/m0/s1. The number of nitrogens with one attached hydrogen (secondary N) is 1. The van der Waals surface area contributed by atoms with Crippen LogP contribution in [-0.4, -0.2) is 10.2 Å². The Hall–Kier alpha value is -2.17. The summed E-state index contributed by atoms with van der Waals surface area (Å²) in [6, 6.07) is 15.9. The molecule has 0 aliphatic heterocycles. The first-order valence-electron chi connectivity index (χ1n) is 7.95. The molecule has 2 atom stereocenters. The van der Waals surface area contributed by atoms with Crippen LogP contribution in [0.25, 0.3) is 11.5 Å². The lowest BCUT2D eigenvalue weighted by molar-refractivity contribution is 0.395. The second-order valence-electron chi connectivity index (χ2n) is 5.98. The van der Waals surface area contributed by atoms with E-state index < -0.39 is 0 Å². The molecule has 0 unspecified atom stereocenters. The molecule has 1 aromatic heterocycles. The van der Waals surface area contributed by atoms with Crippen molar-refractivity contribution in [2.24, 2.45) is 0 Å². The van der Waals surface area contributed by atoms with Crippen molar-refractivity contribution in [3.05, 3.63) is 70.6 Å². The Balaban J connectivity index is 1.71. The first-order valence-corrected chi connectivity index (χ1v) is 8.32. The quantitative estimate of drug-likeness (QED) is 0.700. The number of halogens is 1. The molecule has 124 valence electrons. The average Bonchev–Trinajstić information content (AvgIpc) is 3.05. The van der Waals surface area contributed by atoms with Gasteiger partial charge in [-0.1, -0.05) is 41.4 Å². The molecule has 0 aliphatic carbocycles. The Labute approximate surface area is 146 Å². The number of nitrogens with zero attached hydrogens (tertiary/aromatic N) is 2. The zero-order chi connectivity index (χ0) is 17.1. The van der Waals surface area contributed by atoms with Gasteiger partial charge in [0, 0.05) is 16.6 Å². The molecule has 0 amide bonds. The van der Waals surface area contributed by atoms with Crippen molar-refractivity contribution >= 4 is 11.6 Å². The van der Waals surface area contributed by atoms with Crippen molar-refractivity contribution in [1.82, 2.24) is 15.5 Å². The van der Waals surface area contributed by atoms with E-state index in [1.165, 1.54) is 0 Å². The van der Waals surface area contributed by atoms with Crippen LogP contribution in [-0.2, 0) is 0 Å². The van der Waals surface area contributed by atoms with E-state index in [9.17, 15) is 0 Å². The van der Waals surface area contributed by atoms with Crippen LogP contribution in [0.5, 0.6) is 0 Å². The van der Waals surface area contributed by atoms with Gasteiger partial charge >= 0.3 is 0 Å². The number of benzene rings is 2. The van der Waals surface area contributed by atoms with E-state index in [0.29, 0.717) is 11.8 Å². The van der Waals surface area contributed by atoms with Gasteiger partial charge in [0.1, 0.15) is 0 Å². The van der Waals surface area contributed by atoms with Gasteiger partial charge in [-0.05, 0) is 50.6 Å². The summed E-state index contributed by atoms with van der Waals surface area (Å²) in [4.78, 5) is 0. The van der Waals surface area contributed by atoms with E-state index in [0.717, 1.165) is 21.7 Å². The maximum atomic E-state index is 5.94. The van der Waals surface area contributed by atoms with Crippen LogP contribution in [0.2, 0.25) is 5.02 Å². The number of rotatable bonds is 5. The highest BCUT2D eigenvalue weighted by molar-refractivity contribution is 6.30. The first kappa shape index (κ1) is 16.7. The minimum Gasteiger partial charge on any atom is -0.419 e. The molecule has 1 N–H and O–H groups in total. The fourth-order valence-electron chi connectivity index (χ4n) is 2.60. The summed E-state index contributed by atoms with van der Waals surface area (Å²) in [7, 11) is 0. The maximum absolute atomic E-state index is 5.94. The van der Waals surface area contributed by atoms with Crippen LogP contribution in [0.15, 0.2) is 52.9 Å². The van der Waals surface area contributed by atoms with Crippen LogP contribution in [0.1, 0.15) is 42.9 Å². The van der Waals surface area contributed by atoms with Gasteiger partial charge in [-0.3, -0.25) is 5.32 Å². The third kappa shape index (κ3) is 3.83. The van der Waals surface area contributed by atoms with Crippen molar-refractivity contribution in [3.63, 3.8) is 0 Å². The summed E-state index contributed by atoms with van der Waals surface area (Å²) in [6.07, 6.45) is 0. The summed E-state index contributed by atoms with van der Waals surface area (Å²) in [5, 5.41) is 12.6. The zero-order valence-electron chi connectivity index (χ0n) is 14.0. The molecule has 24 heavy (non-hydrogen) atoms. The minimum atomic E-state index is -0.0539. The third-order valence-corrected chi connectivity index (χ3v) is 4.20. The summed E-state index contributed by atoms with van der Waals surface area (Å²) < 4.78 is 5.84. The summed E-state index contributed by atoms with van der Waals surface area (Å²) in [5.41, 5.74) is 3.26. The molecular weight excluding hydrogens is 322 g/mol. The minimum absolute atomic E-state index is 0.0539. The van der Waals surface area contributed by atoms with Crippen molar-refractivity contribution in [2.75, 3.05) is 0 Å². The Kier molecular flexibility index (Phi) is 4.97. The molecule has 2 aromatic carbocycles. The third-order valence-electron chi connectivity index (χ3n) is 3.95. The van der Waals surface area contributed by atoms with Crippen molar-refractivity contribution in [2.45, 2.75) is 32.9 Å². The number of hydrogen-bond acceptors (Lipinski definition) is 4. The van der Waals surface area contributed by atoms with Gasteiger partial charge in [0.15, 0.2) is 0 Å². The highest BCUT2D eigenvalue weighted by Gasteiger charge is 2.17. The molecule has 1 heterocycles. The van der Waals surface area contributed by atoms with Gasteiger partial charge in [0.25, 0.3) is 0 Å². The van der Waals surface area contributed by atoms with E-state index in [1.807, 2.05) is 62.4 Å². The molecule has 0 fully saturated rings. The van der Waals surface area contributed by atoms with Gasteiger partial charge in [-0.2, -0.15) is 0 Å². The molecule has 0 aliphatic rings. The normalized spacial score (nSPS) is 13.7. The molecule has 0 bridgehead atoms. The SMILES string of the molecule is Cc1cccc(-c2nnc([C@@H](C)N[C@@H](C)c3ccc(Cl)cc3)o2)c1. The topological polar surface area (TPSA) is 51.0 Å². The van der Waals surface area contributed by atoms with E-state index in [1.54, 1.807) is 0 Å². The number of hydrogen-bond donors (Lipinski definition) is 1. The van der Waals surface area contributed by atoms with Crippen LogP contribution in [0.3, 0.4) is 0 Å². The molecule has 4 nitrogen and oxygen atoms in total. The smallest absolute Gasteiger partial charge is 0.247 e. The molecule has 0 spiro atoms. The molecular formula is C19H20ClN3O. The van der Waals surface area contributed by atoms with Gasteiger partial charge in [0.2, 0.25) is 11.8 Å². The molecule has 3 rings (SSSR count). The van der Waals surface area contributed by atoms with Crippen molar-refractivity contribution in [1.29, 1.82) is 0 Å². The predicted molar refractivity (Wildman–Crippen MR) is 95.9 cm³/mol. The highest BCUT2D eigenvalue weighted by Crippen LogP contribution is 2.24. The second-order valence-corrected chi connectivity index (χ2v) is 6.41. The Morgan fingerprint density at radius 1 is 1.00 bits per heavy atom. The van der Waals surface area contributed by atoms with Crippen LogP contribution in [0.4, 0.5) is 0 Å². The fourth-order valence-corrected chi connectivity index (χ4v) is 2.72. The first-order chi connectivity index (χ1) is 11.5. The summed E-state index contributed by atoms with van der Waals surface area (Å²) in [6.45, 7) is 6.15. The van der Waals surface area contributed by atoms with Crippen LogP contribution in [0, 0.1) is 6.92 Å². The van der Waals surface area contributed by atoms with Crippen LogP contribution >= 0.6 is 11.6 Å². The van der Waals surface area contributed by atoms with Gasteiger partial charge in [0.05, 0.1) is 6.04 Å². The number of aromatic nitrogens is 2. The molecule has 0 saturated heterocycles. The lowest BCUT2D eigenvalue weighted by Gasteiger charge is -2.17. The van der Waals surface area contributed by atoms with Gasteiger partial charge in [-0.15, -0.1) is 10.2 Å². The maximum Gasteiger partial charge on any atom is 0.247 e. The molecule has 0 radical (unpaired) electrons. The van der Waals surface area contributed by atoms with E-state index in [2.05, 4.69) is 22.4 Å². The van der Waals surface area contributed by atoms with Gasteiger partial charge in [-0.25, -0.2) is 0 Å². The zero-order valence-corrected chi connectivity index (χ0v) is 14.7. The van der Waals surface area contributed by atoms with Crippen molar-refractivity contribution < 1.29 is 4.42 Å². The summed E-state index contributed by atoms with van der Waals surface area (Å²) in [5.74, 6) is 1.12. The van der Waals surface area contributed by atoms with E-state index in [-0.39, 0.29) is 12.1 Å². The summed E-state index contributed by atoms with van der Waals surface area (Å²) >= 11 is 5.94. The molecule has 0 saturated carbocycles. The largest absolute Gasteiger partial charge is 0.419 e. The Morgan fingerprint density at radius 2 is 1.75 bits per heavy atom. The monoisotopic (exact) mass is 341 g/mol. The fraction of sp³-hybridized carbons (Fsp3) is 0.263. The van der Waals surface area contributed by atoms with Crippen molar-refractivity contribution in [3.8, 4) is 11.5 Å². The predicted octanol–water partition coefficient (Wildman–Crippen LogP) is 5.11. The molecule has 3 aromatic rings. The Bertz CT molecular complexity index is 813. The average molecular weight is 342 g/mol. The van der Waals surface area contributed by atoms with Crippen LogP contribution < -0.4 is 5.32 Å².